The molecular formula is C35H19N3. The van der Waals surface area contributed by atoms with Gasteiger partial charge in [0.1, 0.15) is 0 Å². The maximum atomic E-state index is 9.28. The van der Waals surface area contributed by atoms with E-state index in [4.69, 9.17) is 9.97 Å². The van der Waals surface area contributed by atoms with Crippen LogP contribution in [-0.2, 0) is 0 Å². The van der Waals surface area contributed by atoms with Gasteiger partial charge < -0.3 is 0 Å². The van der Waals surface area contributed by atoms with Crippen LogP contribution in [0, 0.1) is 11.3 Å². The fourth-order valence-electron chi connectivity index (χ4n) is 5.94. The van der Waals surface area contributed by atoms with Crippen LogP contribution in [-0.4, -0.2) is 9.97 Å². The third-order valence-corrected chi connectivity index (χ3v) is 7.64. The van der Waals surface area contributed by atoms with Gasteiger partial charge in [0.2, 0.25) is 0 Å². The van der Waals surface area contributed by atoms with Gasteiger partial charge in [-0.25, -0.2) is 9.97 Å². The molecule has 0 atom stereocenters. The Morgan fingerprint density at radius 3 is 1.79 bits per heavy atom. The van der Waals surface area contributed by atoms with Gasteiger partial charge in [-0.05, 0) is 62.7 Å². The summed E-state index contributed by atoms with van der Waals surface area (Å²) >= 11 is 0. The standard InChI is InChI=1S/C35H19N3/c36-20-21-14-16-22(17-15-21)24-8-3-6-23-7-4-9-26(32(23)24)25-18-19-29-33-27(25)10-5-11-28(33)34-35(29)38-31-13-2-1-12-30(31)37-34/h1-19H. The number of hydrogen-bond donors (Lipinski definition) is 0. The fourth-order valence-corrected chi connectivity index (χ4v) is 5.94. The van der Waals surface area contributed by atoms with Crippen molar-refractivity contribution in [2.24, 2.45) is 0 Å². The maximum Gasteiger partial charge on any atom is 0.0991 e. The van der Waals surface area contributed by atoms with Gasteiger partial charge in [0.25, 0.3) is 0 Å². The summed E-state index contributed by atoms with van der Waals surface area (Å²) in [6.07, 6.45) is 0. The second kappa shape index (κ2) is 7.83. The number of nitriles is 1. The lowest BCUT2D eigenvalue weighted by molar-refractivity contribution is 1.32. The molecule has 0 radical (unpaired) electrons. The Hall–Kier alpha value is -5.33. The molecule has 1 aromatic heterocycles. The van der Waals surface area contributed by atoms with Gasteiger partial charge in [0, 0.05) is 16.5 Å². The minimum atomic E-state index is 0.663. The van der Waals surface area contributed by atoms with Crippen LogP contribution in [0.1, 0.15) is 5.56 Å². The van der Waals surface area contributed by atoms with E-state index in [1.165, 1.54) is 32.7 Å². The van der Waals surface area contributed by atoms with E-state index in [-0.39, 0.29) is 0 Å². The monoisotopic (exact) mass is 481 g/mol. The minimum Gasteiger partial charge on any atom is -0.244 e. The van der Waals surface area contributed by atoms with Crippen molar-refractivity contribution < 1.29 is 0 Å². The van der Waals surface area contributed by atoms with E-state index in [2.05, 4.69) is 72.8 Å². The molecule has 38 heavy (non-hydrogen) atoms. The molecule has 3 heteroatoms. The highest BCUT2D eigenvalue weighted by Crippen LogP contribution is 2.49. The molecular weight excluding hydrogens is 462 g/mol. The highest BCUT2D eigenvalue weighted by molar-refractivity contribution is 6.20. The van der Waals surface area contributed by atoms with Crippen LogP contribution >= 0.6 is 0 Å². The van der Waals surface area contributed by atoms with Crippen molar-refractivity contribution in [3.05, 3.63) is 121 Å². The molecule has 0 N–H and O–H groups in total. The molecule has 0 spiro atoms. The van der Waals surface area contributed by atoms with Crippen LogP contribution in [0.25, 0.3) is 77.3 Å². The summed E-state index contributed by atoms with van der Waals surface area (Å²) in [6, 6.07) is 42.0. The van der Waals surface area contributed by atoms with E-state index in [0.29, 0.717) is 5.56 Å². The molecule has 6 aromatic carbocycles. The summed E-state index contributed by atoms with van der Waals surface area (Å²) in [5.74, 6) is 0. The predicted molar refractivity (Wildman–Crippen MR) is 155 cm³/mol. The number of rotatable bonds is 2. The zero-order chi connectivity index (χ0) is 25.2. The molecule has 174 valence electrons. The Kier molecular flexibility index (Phi) is 4.29. The average molecular weight is 482 g/mol. The maximum absolute atomic E-state index is 9.28. The van der Waals surface area contributed by atoms with E-state index >= 15 is 0 Å². The number of fused-ring (bicyclic) bond motifs is 5. The van der Waals surface area contributed by atoms with Crippen molar-refractivity contribution in [3.63, 3.8) is 0 Å². The Morgan fingerprint density at radius 2 is 1.08 bits per heavy atom. The summed E-state index contributed by atoms with van der Waals surface area (Å²) in [4.78, 5) is 10.1. The Bertz CT molecular complexity index is 2080. The lowest BCUT2D eigenvalue weighted by Crippen LogP contribution is -1.90. The van der Waals surface area contributed by atoms with Crippen LogP contribution in [0.4, 0.5) is 0 Å². The zero-order valence-corrected chi connectivity index (χ0v) is 20.3. The average Bonchev–Trinajstić information content (AvgIpc) is 3.29. The van der Waals surface area contributed by atoms with Crippen molar-refractivity contribution in [1.82, 2.24) is 9.97 Å². The molecule has 0 bridgehead atoms. The van der Waals surface area contributed by atoms with E-state index in [0.717, 1.165) is 44.7 Å². The van der Waals surface area contributed by atoms with Crippen molar-refractivity contribution in [2.75, 3.05) is 0 Å². The smallest absolute Gasteiger partial charge is 0.0991 e. The number of nitrogens with zero attached hydrogens (tertiary/aromatic N) is 3. The van der Waals surface area contributed by atoms with Crippen LogP contribution in [0.15, 0.2) is 115 Å². The first-order chi connectivity index (χ1) is 18.8. The van der Waals surface area contributed by atoms with Gasteiger partial charge >= 0.3 is 0 Å². The lowest BCUT2D eigenvalue weighted by atomic mass is 9.88. The first-order valence-corrected chi connectivity index (χ1v) is 12.7. The molecule has 1 heterocycles. The van der Waals surface area contributed by atoms with E-state index < -0.39 is 0 Å². The summed E-state index contributed by atoms with van der Waals surface area (Å²) < 4.78 is 0. The van der Waals surface area contributed by atoms with Gasteiger partial charge in [-0.15, -0.1) is 0 Å². The van der Waals surface area contributed by atoms with E-state index in [1.54, 1.807) is 0 Å². The van der Waals surface area contributed by atoms with Gasteiger partial charge in [-0.2, -0.15) is 5.26 Å². The Morgan fingerprint density at radius 1 is 0.474 bits per heavy atom. The summed E-state index contributed by atoms with van der Waals surface area (Å²) in [5.41, 5.74) is 11.3. The molecule has 1 aliphatic carbocycles. The molecule has 1 aliphatic rings. The molecule has 0 amide bonds. The molecule has 8 rings (SSSR count). The Balaban J connectivity index is 1.41. The van der Waals surface area contributed by atoms with E-state index in [1.807, 2.05) is 48.5 Å². The highest BCUT2D eigenvalue weighted by atomic mass is 14.8. The second-order valence-electron chi connectivity index (χ2n) is 9.70. The van der Waals surface area contributed by atoms with Crippen molar-refractivity contribution in [1.29, 1.82) is 5.26 Å². The fraction of sp³-hybridized carbons (Fsp3) is 0. The molecule has 0 aliphatic heterocycles. The molecule has 0 unspecified atom stereocenters. The summed E-state index contributed by atoms with van der Waals surface area (Å²) in [7, 11) is 0. The quantitative estimate of drug-likeness (QED) is 0.248. The van der Waals surface area contributed by atoms with Gasteiger partial charge in [0.15, 0.2) is 0 Å². The highest BCUT2D eigenvalue weighted by Gasteiger charge is 2.26. The van der Waals surface area contributed by atoms with Crippen LogP contribution < -0.4 is 0 Å². The molecule has 0 fully saturated rings. The third kappa shape index (κ3) is 2.89. The third-order valence-electron chi connectivity index (χ3n) is 7.64. The van der Waals surface area contributed by atoms with Crippen LogP contribution in [0.2, 0.25) is 0 Å². The van der Waals surface area contributed by atoms with Gasteiger partial charge in [0.05, 0.1) is 34.1 Å². The molecule has 0 saturated carbocycles. The predicted octanol–water partition coefficient (Wildman–Crippen LogP) is 8.79. The zero-order valence-electron chi connectivity index (χ0n) is 20.3. The van der Waals surface area contributed by atoms with Crippen LogP contribution in [0.5, 0.6) is 0 Å². The number of hydrogen-bond acceptors (Lipinski definition) is 3. The summed E-state index contributed by atoms with van der Waals surface area (Å²) in [5, 5.41) is 14.1. The number of aromatic nitrogens is 2. The first-order valence-electron chi connectivity index (χ1n) is 12.7. The first kappa shape index (κ1) is 20.8. The minimum absolute atomic E-state index is 0.663. The topological polar surface area (TPSA) is 49.6 Å². The normalized spacial score (nSPS) is 11.7. The molecule has 3 nitrogen and oxygen atoms in total. The van der Waals surface area contributed by atoms with Crippen molar-refractivity contribution in [3.8, 4) is 50.8 Å². The largest absolute Gasteiger partial charge is 0.244 e. The number of para-hydroxylation sites is 2. The number of benzene rings is 6. The van der Waals surface area contributed by atoms with Gasteiger partial charge in [-0.1, -0.05) is 91.0 Å². The van der Waals surface area contributed by atoms with Crippen molar-refractivity contribution in [2.45, 2.75) is 0 Å². The van der Waals surface area contributed by atoms with E-state index in [9.17, 15) is 5.26 Å². The second-order valence-corrected chi connectivity index (χ2v) is 9.70. The van der Waals surface area contributed by atoms with Crippen LogP contribution in [0.3, 0.4) is 0 Å². The van der Waals surface area contributed by atoms with Crippen molar-refractivity contribution >= 4 is 32.6 Å². The summed E-state index contributed by atoms with van der Waals surface area (Å²) in [6.45, 7) is 0. The lowest BCUT2D eigenvalue weighted by Gasteiger charge is -2.15. The molecule has 0 saturated heterocycles. The Labute approximate surface area is 219 Å². The molecule has 7 aromatic rings. The SMILES string of the molecule is N#Cc1ccc(-c2cccc3cccc(-c4ccc5c6c(cccc46)-c4nc6ccccc6nc4-5)c23)cc1. The van der Waals surface area contributed by atoms with Gasteiger partial charge in [-0.3, -0.25) is 0 Å².